The second kappa shape index (κ2) is 5.50. The Morgan fingerprint density at radius 1 is 1.28 bits per heavy atom. The Morgan fingerprint density at radius 3 is 2.78 bits per heavy atom. The van der Waals surface area contributed by atoms with Gasteiger partial charge < -0.3 is 14.8 Å². The summed E-state index contributed by atoms with van der Waals surface area (Å²) in [6.45, 7) is 0.625. The number of ether oxygens (including phenoxy) is 2. The van der Waals surface area contributed by atoms with Crippen LogP contribution in [0.1, 0.15) is 5.82 Å². The molecule has 1 aromatic heterocycles. The van der Waals surface area contributed by atoms with Crippen molar-refractivity contribution >= 4 is 0 Å². The van der Waals surface area contributed by atoms with Crippen LogP contribution < -0.4 is 14.8 Å². The zero-order valence-electron chi connectivity index (χ0n) is 10.7. The summed E-state index contributed by atoms with van der Waals surface area (Å²) in [5.41, 5.74) is 0.854. The molecule has 6 nitrogen and oxygen atoms in total. The first-order valence-electron chi connectivity index (χ1n) is 5.56. The third-order valence-corrected chi connectivity index (χ3v) is 2.60. The molecule has 0 aliphatic carbocycles. The number of hydrogen-bond donors (Lipinski definition) is 1. The van der Waals surface area contributed by atoms with E-state index in [1.54, 1.807) is 20.5 Å². The van der Waals surface area contributed by atoms with Crippen molar-refractivity contribution in [1.82, 2.24) is 20.1 Å². The summed E-state index contributed by atoms with van der Waals surface area (Å²) in [5, 5.41) is 11.0. The smallest absolute Gasteiger partial charge is 0.151 e. The molecule has 0 bridgehead atoms. The molecule has 1 heterocycles. The molecule has 0 radical (unpaired) electrons. The van der Waals surface area contributed by atoms with E-state index >= 15 is 0 Å². The summed E-state index contributed by atoms with van der Waals surface area (Å²) in [7, 11) is 5.13. The molecule has 6 heteroatoms. The standard InChI is InChI=1S/C12H16N4O2/c1-13-7-12-15-14-8-16(12)10-6-9(17-2)4-5-11(10)18-3/h4-6,8,13H,7H2,1-3H3. The van der Waals surface area contributed by atoms with Gasteiger partial charge in [-0.25, -0.2) is 0 Å². The van der Waals surface area contributed by atoms with E-state index in [1.807, 2.05) is 29.8 Å². The molecule has 1 N–H and O–H groups in total. The quantitative estimate of drug-likeness (QED) is 0.855. The van der Waals surface area contributed by atoms with Crippen LogP contribution in [-0.4, -0.2) is 36.0 Å². The maximum Gasteiger partial charge on any atom is 0.151 e. The molecule has 0 amide bonds. The fourth-order valence-corrected chi connectivity index (χ4v) is 1.72. The highest BCUT2D eigenvalue weighted by Crippen LogP contribution is 2.27. The van der Waals surface area contributed by atoms with Gasteiger partial charge in [0.15, 0.2) is 5.82 Å². The molecule has 0 atom stereocenters. The Labute approximate surface area is 106 Å². The number of benzene rings is 1. The van der Waals surface area contributed by atoms with Gasteiger partial charge in [-0.15, -0.1) is 10.2 Å². The van der Waals surface area contributed by atoms with Gasteiger partial charge in [-0.3, -0.25) is 4.57 Å². The highest BCUT2D eigenvalue weighted by Gasteiger charge is 2.11. The Kier molecular flexibility index (Phi) is 3.78. The maximum atomic E-state index is 5.35. The number of rotatable bonds is 5. The van der Waals surface area contributed by atoms with Crippen LogP contribution in [0.3, 0.4) is 0 Å². The van der Waals surface area contributed by atoms with E-state index in [0.717, 1.165) is 23.0 Å². The van der Waals surface area contributed by atoms with E-state index in [1.165, 1.54) is 0 Å². The van der Waals surface area contributed by atoms with Crippen LogP contribution in [0.5, 0.6) is 11.5 Å². The van der Waals surface area contributed by atoms with Gasteiger partial charge in [0.1, 0.15) is 17.8 Å². The Morgan fingerprint density at radius 2 is 2.11 bits per heavy atom. The van der Waals surface area contributed by atoms with Crippen LogP contribution in [0.4, 0.5) is 0 Å². The molecule has 0 aliphatic rings. The van der Waals surface area contributed by atoms with E-state index in [0.29, 0.717) is 6.54 Å². The van der Waals surface area contributed by atoms with Crippen LogP contribution in [0, 0.1) is 0 Å². The summed E-state index contributed by atoms with van der Waals surface area (Å²) in [4.78, 5) is 0. The minimum absolute atomic E-state index is 0.625. The summed E-state index contributed by atoms with van der Waals surface area (Å²) in [6, 6.07) is 5.60. The van der Waals surface area contributed by atoms with Gasteiger partial charge in [-0.1, -0.05) is 0 Å². The van der Waals surface area contributed by atoms with E-state index in [4.69, 9.17) is 9.47 Å². The van der Waals surface area contributed by atoms with Gasteiger partial charge in [-0.05, 0) is 19.2 Å². The lowest BCUT2D eigenvalue weighted by Crippen LogP contribution is -2.11. The third kappa shape index (κ3) is 2.28. The first-order chi connectivity index (χ1) is 8.80. The van der Waals surface area contributed by atoms with Crippen LogP contribution in [0.25, 0.3) is 5.69 Å². The molecule has 0 unspecified atom stereocenters. The van der Waals surface area contributed by atoms with Gasteiger partial charge in [0, 0.05) is 6.07 Å². The minimum Gasteiger partial charge on any atom is -0.497 e. The molecule has 0 fully saturated rings. The molecule has 0 aliphatic heterocycles. The Balaban J connectivity index is 2.50. The van der Waals surface area contributed by atoms with Crippen molar-refractivity contribution in [2.75, 3.05) is 21.3 Å². The molecule has 2 rings (SSSR count). The first-order valence-corrected chi connectivity index (χ1v) is 5.56. The number of methoxy groups -OCH3 is 2. The van der Waals surface area contributed by atoms with E-state index in [9.17, 15) is 0 Å². The van der Waals surface area contributed by atoms with Gasteiger partial charge >= 0.3 is 0 Å². The van der Waals surface area contributed by atoms with Gasteiger partial charge in [0.2, 0.25) is 0 Å². The average molecular weight is 248 g/mol. The third-order valence-electron chi connectivity index (χ3n) is 2.60. The summed E-state index contributed by atoms with van der Waals surface area (Å²) in [6.07, 6.45) is 1.66. The molecular weight excluding hydrogens is 232 g/mol. The molecular formula is C12H16N4O2. The van der Waals surface area contributed by atoms with Crippen LogP contribution >= 0.6 is 0 Å². The Hall–Kier alpha value is -2.08. The zero-order valence-corrected chi connectivity index (χ0v) is 10.7. The van der Waals surface area contributed by atoms with Gasteiger partial charge in [0.25, 0.3) is 0 Å². The van der Waals surface area contributed by atoms with Crippen LogP contribution in [0.2, 0.25) is 0 Å². The topological polar surface area (TPSA) is 61.2 Å². The fourth-order valence-electron chi connectivity index (χ4n) is 1.72. The van der Waals surface area contributed by atoms with Crippen molar-refractivity contribution < 1.29 is 9.47 Å². The van der Waals surface area contributed by atoms with Crippen LogP contribution in [-0.2, 0) is 6.54 Å². The van der Waals surface area contributed by atoms with E-state index in [-0.39, 0.29) is 0 Å². The average Bonchev–Trinajstić information content (AvgIpc) is 2.86. The second-order valence-corrected chi connectivity index (χ2v) is 3.69. The van der Waals surface area contributed by atoms with Crippen LogP contribution in [0.15, 0.2) is 24.5 Å². The van der Waals surface area contributed by atoms with Crippen molar-refractivity contribution in [2.24, 2.45) is 0 Å². The zero-order chi connectivity index (χ0) is 13.0. The van der Waals surface area contributed by atoms with Gasteiger partial charge in [-0.2, -0.15) is 0 Å². The maximum absolute atomic E-state index is 5.35. The molecule has 0 saturated carbocycles. The van der Waals surface area contributed by atoms with Crippen molar-refractivity contribution in [1.29, 1.82) is 0 Å². The second-order valence-electron chi connectivity index (χ2n) is 3.69. The molecule has 96 valence electrons. The van der Waals surface area contributed by atoms with Crippen molar-refractivity contribution in [2.45, 2.75) is 6.54 Å². The SMILES string of the molecule is CNCc1nncn1-c1cc(OC)ccc1OC. The highest BCUT2D eigenvalue weighted by atomic mass is 16.5. The summed E-state index contributed by atoms with van der Waals surface area (Å²) in [5.74, 6) is 2.31. The molecule has 1 aromatic carbocycles. The van der Waals surface area contributed by atoms with Crippen molar-refractivity contribution in [3.8, 4) is 17.2 Å². The minimum atomic E-state index is 0.625. The Bertz CT molecular complexity index is 525. The molecule has 0 saturated heterocycles. The normalized spacial score (nSPS) is 10.4. The molecule has 18 heavy (non-hydrogen) atoms. The van der Waals surface area contributed by atoms with E-state index < -0.39 is 0 Å². The fraction of sp³-hybridized carbons (Fsp3) is 0.333. The lowest BCUT2D eigenvalue weighted by Gasteiger charge is -2.12. The summed E-state index contributed by atoms with van der Waals surface area (Å²) < 4.78 is 12.4. The lowest BCUT2D eigenvalue weighted by atomic mass is 10.2. The molecule has 0 spiro atoms. The monoisotopic (exact) mass is 248 g/mol. The highest BCUT2D eigenvalue weighted by molar-refractivity contribution is 5.51. The van der Waals surface area contributed by atoms with Crippen molar-refractivity contribution in [3.05, 3.63) is 30.4 Å². The van der Waals surface area contributed by atoms with E-state index in [2.05, 4.69) is 15.5 Å². The first kappa shape index (κ1) is 12.4. The number of nitrogens with one attached hydrogen (secondary N) is 1. The lowest BCUT2D eigenvalue weighted by molar-refractivity contribution is 0.401. The number of hydrogen-bond acceptors (Lipinski definition) is 5. The van der Waals surface area contributed by atoms with Gasteiger partial charge in [0.05, 0.1) is 26.5 Å². The summed E-state index contributed by atoms with van der Waals surface area (Å²) >= 11 is 0. The predicted octanol–water partition coefficient (Wildman–Crippen LogP) is 1.00. The predicted molar refractivity (Wildman–Crippen MR) is 67.2 cm³/mol. The number of aromatic nitrogens is 3. The van der Waals surface area contributed by atoms with Crippen molar-refractivity contribution in [3.63, 3.8) is 0 Å². The largest absolute Gasteiger partial charge is 0.497 e. The molecule has 2 aromatic rings. The number of nitrogens with zero attached hydrogens (tertiary/aromatic N) is 3.